The highest BCUT2D eigenvalue weighted by Crippen LogP contribution is 2.42. The molecule has 2 heterocycles. The number of thioether (sulfide) groups is 1. The number of aryl methyl sites for hydroxylation is 2. The monoisotopic (exact) mass is 527 g/mol. The van der Waals surface area contributed by atoms with Gasteiger partial charge in [-0.05, 0) is 73.0 Å². The number of nitrogens with two attached hydrogens (primary N) is 1. The lowest BCUT2D eigenvalue weighted by Gasteiger charge is -2.08. The molecule has 0 fully saturated rings. The maximum atomic E-state index is 11.7. The zero-order valence-electron chi connectivity index (χ0n) is 19.7. The fourth-order valence-electron chi connectivity index (χ4n) is 3.61. The van der Waals surface area contributed by atoms with Gasteiger partial charge in [-0.15, -0.1) is 11.3 Å². The van der Waals surface area contributed by atoms with E-state index in [1.165, 1.54) is 12.1 Å². The van der Waals surface area contributed by atoms with E-state index in [9.17, 15) is 8.42 Å². The SMILES string of the molecule is COc1ccc(-c2cc(CSc3nc(C)cc(C)n3)c(-c3ccc(S(N)(=O)=O)cc3)s2)cc1OC. The number of nitrogens with zero attached hydrogens (tertiary/aromatic N) is 2. The standard InChI is InChI=1S/C25H25N3O4S3/c1-15-11-16(2)28-25(27-15)33-14-19-13-23(18-7-10-21(31-3)22(12-18)32-4)34-24(19)17-5-8-20(9-6-17)35(26,29)30/h5-13H,14H2,1-4H3,(H2,26,29,30). The third-order valence-electron chi connectivity index (χ3n) is 5.24. The fourth-order valence-corrected chi connectivity index (χ4v) is 6.33. The van der Waals surface area contributed by atoms with Crippen LogP contribution in [-0.4, -0.2) is 32.6 Å². The van der Waals surface area contributed by atoms with E-state index in [0.29, 0.717) is 17.3 Å². The number of thiophene rings is 1. The van der Waals surface area contributed by atoms with Gasteiger partial charge in [0.15, 0.2) is 16.7 Å². The van der Waals surface area contributed by atoms with Crippen molar-refractivity contribution in [3.8, 4) is 32.4 Å². The van der Waals surface area contributed by atoms with Gasteiger partial charge in [0.1, 0.15) is 0 Å². The van der Waals surface area contributed by atoms with Crippen LogP contribution < -0.4 is 14.6 Å². The zero-order chi connectivity index (χ0) is 25.2. The second-order valence-electron chi connectivity index (χ2n) is 7.83. The molecule has 4 rings (SSSR count). The Balaban J connectivity index is 1.75. The van der Waals surface area contributed by atoms with Gasteiger partial charge in [0, 0.05) is 26.9 Å². The second-order valence-corrected chi connectivity index (χ2v) is 11.4. The molecule has 0 saturated heterocycles. The summed E-state index contributed by atoms with van der Waals surface area (Å²) in [5.74, 6) is 1.96. The van der Waals surface area contributed by atoms with E-state index in [0.717, 1.165) is 43.0 Å². The molecule has 0 aliphatic rings. The zero-order valence-corrected chi connectivity index (χ0v) is 22.2. The van der Waals surface area contributed by atoms with E-state index < -0.39 is 10.0 Å². The quantitative estimate of drug-likeness (QED) is 0.240. The maximum Gasteiger partial charge on any atom is 0.238 e. The first-order valence-corrected chi connectivity index (χ1v) is 14.0. The van der Waals surface area contributed by atoms with Crippen LogP contribution in [0.15, 0.2) is 64.6 Å². The van der Waals surface area contributed by atoms with Crippen LogP contribution in [0.5, 0.6) is 11.5 Å². The summed E-state index contributed by atoms with van der Waals surface area (Å²) in [5, 5.41) is 6.00. The summed E-state index contributed by atoms with van der Waals surface area (Å²) >= 11 is 3.19. The third kappa shape index (κ3) is 5.84. The summed E-state index contributed by atoms with van der Waals surface area (Å²) < 4.78 is 34.3. The number of hydrogen-bond donors (Lipinski definition) is 1. The number of primary sulfonamides is 1. The van der Waals surface area contributed by atoms with Crippen LogP contribution in [0.1, 0.15) is 17.0 Å². The van der Waals surface area contributed by atoms with Crippen LogP contribution in [0.3, 0.4) is 0 Å². The molecule has 0 saturated carbocycles. The van der Waals surface area contributed by atoms with Gasteiger partial charge in [-0.2, -0.15) is 0 Å². The van der Waals surface area contributed by atoms with Gasteiger partial charge in [-0.3, -0.25) is 0 Å². The molecule has 4 aromatic rings. The lowest BCUT2D eigenvalue weighted by Crippen LogP contribution is -2.11. The molecule has 10 heteroatoms. The van der Waals surface area contributed by atoms with Crippen LogP contribution in [0.4, 0.5) is 0 Å². The lowest BCUT2D eigenvalue weighted by atomic mass is 10.1. The summed E-state index contributed by atoms with van der Waals surface area (Å²) in [7, 11) is -0.542. The minimum atomic E-state index is -3.76. The van der Waals surface area contributed by atoms with Crippen molar-refractivity contribution in [1.29, 1.82) is 0 Å². The van der Waals surface area contributed by atoms with Gasteiger partial charge in [0.05, 0.1) is 19.1 Å². The maximum absolute atomic E-state index is 11.7. The molecule has 0 amide bonds. The molecule has 0 aliphatic heterocycles. The number of sulfonamides is 1. The smallest absolute Gasteiger partial charge is 0.238 e. The van der Waals surface area contributed by atoms with Crippen molar-refractivity contribution in [3.05, 3.63) is 71.5 Å². The van der Waals surface area contributed by atoms with Crippen molar-refractivity contribution in [1.82, 2.24) is 9.97 Å². The van der Waals surface area contributed by atoms with E-state index in [4.69, 9.17) is 14.6 Å². The van der Waals surface area contributed by atoms with Crippen LogP contribution in [0.25, 0.3) is 20.9 Å². The number of rotatable bonds is 8. The Labute approximate surface area is 213 Å². The largest absolute Gasteiger partial charge is 0.493 e. The summed E-state index contributed by atoms with van der Waals surface area (Å²) in [6, 6.07) is 16.5. The summed E-state index contributed by atoms with van der Waals surface area (Å²) in [6.07, 6.45) is 0. The van der Waals surface area contributed by atoms with E-state index in [1.807, 2.05) is 38.1 Å². The van der Waals surface area contributed by atoms with Crippen LogP contribution in [0, 0.1) is 13.8 Å². The number of methoxy groups -OCH3 is 2. The first kappa shape index (κ1) is 25.2. The Bertz CT molecular complexity index is 1450. The molecule has 2 aromatic heterocycles. The first-order valence-electron chi connectivity index (χ1n) is 10.6. The van der Waals surface area contributed by atoms with E-state index >= 15 is 0 Å². The van der Waals surface area contributed by atoms with Crippen LogP contribution in [0.2, 0.25) is 0 Å². The van der Waals surface area contributed by atoms with Crippen molar-refractivity contribution in [2.24, 2.45) is 5.14 Å². The molecule has 0 unspecified atom stereocenters. The molecular formula is C25H25N3O4S3. The minimum absolute atomic E-state index is 0.0810. The topological polar surface area (TPSA) is 104 Å². The molecule has 0 bridgehead atoms. The van der Waals surface area contributed by atoms with Crippen molar-refractivity contribution >= 4 is 33.1 Å². The Morgan fingerprint density at radius 2 is 1.51 bits per heavy atom. The fraction of sp³-hybridized carbons (Fsp3) is 0.200. The average molecular weight is 528 g/mol. The molecule has 0 aliphatic carbocycles. The molecule has 7 nitrogen and oxygen atoms in total. The van der Waals surface area contributed by atoms with Crippen molar-refractivity contribution in [2.75, 3.05) is 14.2 Å². The normalized spacial score (nSPS) is 11.5. The summed E-state index contributed by atoms with van der Waals surface area (Å²) in [6.45, 7) is 3.91. The van der Waals surface area contributed by atoms with Crippen LogP contribution >= 0.6 is 23.1 Å². The van der Waals surface area contributed by atoms with Crippen molar-refractivity contribution in [3.63, 3.8) is 0 Å². The summed E-state index contributed by atoms with van der Waals surface area (Å²) in [5.41, 5.74) is 4.85. The Morgan fingerprint density at radius 1 is 0.886 bits per heavy atom. The molecule has 0 spiro atoms. The lowest BCUT2D eigenvalue weighted by molar-refractivity contribution is 0.355. The molecule has 0 radical (unpaired) electrons. The highest BCUT2D eigenvalue weighted by Gasteiger charge is 2.16. The number of benzene rings is 2. The Kier molecular flexibility index (Phi) is 7.46. The van der Waals surface area contributed by atoms with Gasteiger partial charge in [-0.1, -0.05) is 23.9 Å². The van der Waals surface area contributed by atoms with E-state index in [2.05, 4.69) is 16.0 Å². The molecule has 2 aromatic carbocycles. The highest BCUT2D eigenvalue weighted by molar-refractivity contribution is 7.98. The minimum Gasteiger partial charge on any atom is -0.493 e. The predicted molar refractivity (Wildman–Crippen MR) is 141 cm³/mol. The number of ether oxygens (including phenoxy) is 2. The first-order chi connectivity index (χ1) is 16.7. The highest BCUT2D eigenvalue weighted by atomic mass is 32.2. The Hall–Kier alpha value is -2.92. The number of aromatic nitrogens is 2. The van der Waals surface area contributed by atoms with E-state index in [1.54, 1.807) is 49.5 Å². The molecule has 2 N–H and O–H groups in total. The van der Waals surface area contributed by atoms with Gasteiger partial charge in [0.2, 0.25) is 10.0 Å². The van der Waals surface area contributed by atoms with Crippen LogP contribution in [-0.2, 0) is 15.8 Å². The average Bonchev–Trinajstić information content (AvgIpc) is 3.25. The molecule has 35 heavy (non-hydrogen) atoms. The molecule has 0 atom stereocenters. The Morgan fingerprint density at radius 3 is 2.11 bits per heavy atom. The predicted octanol–water partition coefficient (Wildman–Crippen LogP) is 5.45. The van der Waals surface area contributed by atoms with Gasteiger partial charge >= 0.3 is 0 Å². The van der Waals surface area contributed by atoms with Crippen molar-refractivity contribution < 1.29 is 17.9 Å². The summed E-state index contributed by atoms with van der Waals surface area (Å²) in [4.78, 5) is 11.2. The van der Waals surface area contributed by atoms with Gasteiger partial charge < -0.3 is 9.47 Å². The van der Waals surface area contributed by atoms with Gasteiger partial charge in [0.25, 0.3) is 0 Å². The number of hydrogen-bond acceptors (Lipinski definition) is 8. The molecule has 182 valence electrons. The van der Waals surface area contributed by atoms with Crippen molar-refractivity contribution in [2.45, 2.75) is 29.7 Å². The molecular weight excluding hydrogens is 502 g/mol. The third-order valence-corrected chi connectivity index (χ3v) is 8.34. The van der Waals surface area contributed by atoms with E-state index in [-0.39, 0.29) is 4.90 Å². The van der Waals surface area contributed by atoms with Gasteiger partial charge in [-0.25, -0.2) is 23.5 Å². The second kappa shape index (κ2) is 10.4.